The van der Waals surface area contributed by atoms with Gasteiger partial charge < -0.3 is 0 Å². The van der Waals surface area contributed by atoms with Crippen molar-refractivity contribution in [2.24, 2.45) is 0 Å². The average molecular weight is 231 g/mol. The summed E-state index contributed by atoms with van der Waals surface area (Å²) in [6.07, 6.45) is 3.92. The zero-order valence-corrected chi connectivity index (χ0v) is 11.6. The summed E-state index contributed by atoms with van der Waals surface area (Å²) in [6.45, 7) is 13.5. The third-order valence-corrected chi connectivity index (χ3v) is 3.05. The normalized spacial score (nSPS) is 13.3. The molecule has 0 aliphatic rings. The van der Waals surface area contributed by atoms with E-state index < -0.39 is 0 Å². The van der Waals surface area contributed by atoms with Gasteiger partial charge in [0.25, 0.3) is 0 Å². The van der Waals surface area contributed by atoms with Crippen molar-refractivity contribution in [3.05, 3.63) is 29.6 Å². The highest BCUT2D eigenvalue weighted by Crippen LogP contribution is 2.34. The Bertz CT molecular complexity index is 491. The van der Waals surface area contributed by atoms with Gasteiger partial charge in [0.05, 0.1) is 11.7 Å². The standard InChI is InChI=1S/C14H21N3/c1-13(2,3)11-7-10-8-15-16-17(10)9-12(11)14(4,5)6/h7-9H,1-6H3. The lowest BCUT2D eigenvalue weighted by atomic mass is 9.76. The molecule has 0 spiro atoms. The summed E-state index contributed by atoms with van der Waals surface area (Å²) < 4.78 is 1.86. The summed E-state index contributed by atoms with van der Waals surface area (Å²) in [5.74, 6) is 0. The number of aromatic nitrogens is 3. The Morgan fingerprint density at radius 2 is 1.53 bits per heavy atom. The fourth-order valence-corrected chi connectivity index (χ4v) is 2.09. The van der Waals surface area contributed by atoms with Gasteiger partial charge in [-0.15, -0.1) is 5.10 Å². The Kier molecular flexibility index (Phi) is 2.53. The Labute approximate surface area is 103 Å². The van der Waals surface area contributed by atoms with Gasteiger partial charge in [-0.1, -0.05) is 46.8 Å². The van der Waals surface area contributed by atoms with Gasteiger partial charge in [-0.05, 0) is 28.0 Å². The highest BCUT2D eigenvalue weighted by Gasteiger charge is 2.26. The summed E-state index contributed by atoms with van der Waals surface area (Å²) in [7, 11) is 0. The highest BCUT2D eigenvalue weighted by molar-refractivity contribution is 5.51. The summed E-state index contributed by atoms with van der Waals surface area (Å²) in [4.78, 5) is 0. The molecule has 2 aromatic rings. The molecule has 3 heteroatoms. The topological polar surface area (TPSA) is 30.2 Å². The molecule has 17 heavy (non-hydrogen) atoms. The Hall–Kier alpha value is -1.38. The molecular weight excluding hydrogens is 210 g/mol. The van der Waals surface area contributed by atoms with Crippen molar-refractivity contribution in [2.75, 3.05) is 0 Å². The third kappa shape index (κ3) is 2.19. The number of hydrogen-bond donors (Lipinski definition) is 0. The average Bonchev–Trinajstić information content (AvgIpc) is 2.59. The van der Waals surface area contributed by atoms with E-state index >= 15 is 0 Å². The van der Waals surface area contributed by atoms with E-state index in [9.17, 15) is 0 Å². The fraction of sp³-hybridized carbons (Fsp3) is 0.571. The second kappa shape index (κ2) is 3.56. The Morgan fingerprint density at radius 3 is 2.06 bits per heavy atom. The number of pyridine rings is 1. The summed E-state index contributed by atoms with van der Waals surface area (Å²) in [5.41, 5.74) is 4.02. The quantitative estimate of drug-likeness (QED) is 0.696. The number of hydrogen-bond acceptors (Lipinski definition) is 2. The Balaban J connectivity index is 2.78. The van der Waals surface area contributed by atoms with Gasteiger partial charge in [-0.2, -0.15) is 0 Å². The summed E-state index contributed by atoms with van der Waals surface area (Å²) >= 11 is 0. The second-order valence-corrected chi connectivity index (χ2v) is 6.70. The number of fused-ring (bicyclic) bond motifs is 1. The van der Waals surface area contributed by atoms with Crippen molar-refractivity contribution >= 4 is 5.52 Å². The van der Waals surface area contributed by atoms with E-state index in [2.05, 4.69) is 64.1 Å². The largest absolute Gasteiger partial charge is 0.220 e. The molecule has 0 aromatic carbocycles. The zero-order valence-electron chi connectivity index (χ0n) is 11.6. The van der Waals surface area contributed by atoms with Crippen LogP contribution in [0.5, 0.6) is 0 Å². The van der Waals surface area contributed by atoms with Crippen molar-refractivity contribution < 1.29 is 0 Å². The van der Waals surface area contributed by atoms with Gasteiger partial charge in [0, 0.05) is 6.20 Å². The van der Waals surface area contributed by atoms with Crippen LogP contribution in [0.15, 0.2) is 18.5 Å². The first-order valence-electron chi connectivity index (χ1n) is 6.04. The first kappa shape index (κ1) is 12.1. The van der Waals surface area contributed by atoms with Crippen LogP contribution >= 0.6 is 0 Å². The van der Waals surface area contributed by atoms with Crippen LogP contribution in [0.25, 0.3) is 5.52 Å². The van der Waals surface area contributed by atoms with Gasteiger partial charge >= 0.3 is 0 Å². The van der Waals surface area contributed by atoms with Crippen LogP contribution < -0.4 is 0 Å². The molecule has 0 aliphatic heterocycles. The molecule has 0 N–H and O–H groups in total. The molecule has 0 saturated carbocycles. The van der Waals surface area contributed by atoms with Crippen molar-refractivity contribution in [3.63, 3.8) is 0 Å². The molecule has 0 atom stereocenters. The minimum atomic E-state index is 0.114. The first-order chi connectivity index (χ1) is 7.69. The van der Waals surface area contributed by atoms with Crippen molar-refractivity contribution in [1.82, 2.24) is 14.8 Å². The third-order valence-electron chi connectivity index (χ3n) is 3.05. The van der Waals surface area contributed by atoms with Gasteiger partial charge in [0.1, 0.15) is 0 Å². The predicted octanol–water partition coefficient (Wildman–Crippen LogP) is 3.32. The predicted molar refractivity (Wildman–Crippen MR) is 70.4 cm³/mol. The van der Waals surface area contributed by atoms with Crippen molar-refractivity contribution in [3.8, 4) is 0 Å². The van der Waals surface area contributed by atoms with Gasteiger partial charge in [0.15, 0.2) is 0 Å². The van der Waals surface area contributed by atoms with E-state index in [0.717, 1.165) is 5.52 Å². The van der Waals surface area contributed by atoms with Crippen LogP contribution in [0.1, 0.15) is 52.7 Å². The lowest BCUT2D eigenvalue weighted by Crippen LogP contribution is -2.22. The molecule has 3 nitrogen and oxygen atoms in total. The van der Waals surface area contributed by atoms with E-state index in [1.807, 2.05) is 10.7 Å². The van der Waals surface area contributed by atoms with Crippen molar-refractivity contribution in [1.29, 1.82) is 0 Å². The lowest BCUT2D eigenvalue weighted by Gasteiger charge is -2.29. The van der Waals surface area contributed by atoms with E-state index in [1.165, 1.54) is 11.1 Å². The molecule has 92 valence electrons. The van der Waals surface area contributed by atoms with E-state index in [-0.39, 0.29) is 10.8 Å². The monoisotopic (exact) mass is 231 g/mol. The van der Waals surface area contributed by atoms with Gasteiger partial charge in [-0.3, -0.25) is 0 Å². The van der Waals surface area contributed by atoms with E-state index in [4.69, 9.17) is 0 Å². The maximum atomic E-state index is 4.08. The fourth-order valence-electron chi connectivity index (χ4n) is 2.09. The Morgan fingerprint density at radius 1 is 0.941 bits per heavy atom. The first-order valence-corrected chi connectivity index (χ1v) is 6.04. The van der Waals surface area contributed by atoms with Crippen LogP contribution in [0.4, 0.5) is 0 Å². The molecule has 2 heterocycles. The highest BCUT2D eigenvalue weighted by atomic mass is 15.4. The maximum Gasteiger partial charge on any atom is 0.0868 e. The van der Waals surface area contributed by atoms with Gasteiger partial charge in [0.2, 0.25) is 0 Å². The lowest BCUT2D eigenvalue weighted by molar-refractivity contribution is 0.525. The van der Waals surface area contributed by atoms with Gasteiger partial charge in [-0.25, -0.2) is 4.52 Å². The maximum absolute atomic E-state index is 4.08. The number of rotatable bonds is 0. The molecule has 0 amide bonds. The van der Waals surface area contributed by atoms with Crippen LogP contribution in [0.2, 0.25) is 0 Å². The molecule has 0 unspecified atom stereocenters. The molecular formula is C14H21N3. The summed E-state index contributed by atoms with van der Waals surface area (Å²) in [5, 5.41) is 8.04. The van der Waals surface area contributed by atoms with E-state index in [0.29, 0.717) is 0 Å². The van der Waals surface area contributed by atoms with Crippen LogP contribution in [0, 0.1) is 0 Å². The number of nitrogens with zero attached hydrogens (tertiary/aromatic N) is 3. The minimum Gasteiger partial charge on any atom is -0.220 e. The molecule has 2 aromatic heterocycles. The van der Waals surface area contributed by atoms with E-state index in [1.54, 1.807) is 0 Å². The molecule has 0 bridgehead atoms. The second-order valence-electron chi connectivity index (χ2n) is 6.70. The molecule has 0 fully saturated rings. The molecule has 0 aliphatic carbocycles. The molecule has 0 radical (unpaired) electrons. The van der Waals surface area contributed by atoms with Crippen LogP contribution in [0.3, 0.4) is 0 Å². The summed E-state index contributed by atoms with van der Waals surface area (Å²) in [6, 6.07) is 2.21. The molecule has 2 rings (SSSR count). The van der Waals surface area contributed by atoms with Crippen LogP contribution in [-0.2, 0) is 10.8 Å². The zero-order chi connectivity index (χ0) is 12.8. The van der Waals surface area contributed by atoms with Crippen LogP contribution in [-0.4, -0.2) is 14.8 Å². The smallest absolute Gasteiger partial charge is 0.0868 e. The molecule has 0 saturated heterocycles. The SMILES string of the molecule is CC(C)(C)c1cc2cnnn2cc1C(C)(C)C. The van der Waals surface area contributed by atoms with Crippen molar-refractivity contribution in [2.45, 2.75) is 52.4 Å². The minimum absolute atomic E-state index is 0.114.